The molecule has 0 fully saturated rings. The van der Waals surface area contributed by atoms with Gasteiger partial charge in [0.2, 0.25) is 6.08 Å². The molecule has 0 aliphatic rings. The molecular formula is C8H7NOS. The molecule has 0 saturated carbocycles. The van der Waals surface area contributed by atoms with Crippen molar-refractivity contribution >= 4 is 23.5 Å². The fourth-order valence-corrected chi connectivity index (χ4v) is 1.19. The minimum atomic E-state index is 0.659. The molecule has 1 aromatic rings. The fourth-order valence-electron chi connectivity index (χ4n) is 0.733. The molecule has 11 heavy (non-hydrogen) atoms. The lowest BCUT2D eigenvalue weighted by Crippen LogP contribution is -1.67. The maximum absolute atomic E-state index is 9.88. The van der Waals surface area contributed by atoms with Crippen molar-refractivity contribution in [3.05, 3.63) is 24.3 Å². The van der Waals surface area contributed by atoms with Gasteiger partial charge in [-0.25, -0.2) is 4.79 Å². The van der Waals surface area contributed by atoms with E-state index in [-0.39, 0.29) is 0 Å². The van der Waals surface area contributed by atoms with E-state index in [1.165, 1.54) is 6.08 Å². The standard InChI is InChI=1S/C8H7NOS/c1-11-8-4-2-3-7(5-8)9-6-10/h2-5H,1H3. The van der Waals surface area contributed by atoms with Crippen LogP contribution in [0.5, 0.6) is 0 Å². The van der Waals surface area contributed by atoms with Crippen LogP contribution in [0.15, 0.2) is 34.2 Å². The van der Waals surface area contributed by atoms with Gasteiger partial charge in [-0.1, -0.05) is 6.07 Å². The minimum Gasteiger partial charge on any atom is -0.211 e. The lowest BCUT2D eigenvalue weighted by molar-refractivity contribution is 0.565. The Labute approximate surface area is 69.3 Å². The molecule has 56 valence electrons. The third-order valence-electron chi connectivity index (χ3n) is 1.23. The molecular weight excluding hydrogens is 158 g/mol. The van der Waals surface area contributed by atoms with Crippen LogP contribution in [0.2, 0.25) is 0 Å². The quantitative estimate of drug-likeness (QED) is 0.382. The number of isocyanates is 1. The van der Waals surface area contributed by atoms with Crippen LogP contribution in [-0.2, 0) is 4.79 Å². The Kier molecular flexibility index (Phi) is 2.90. The molecule has 0 saturated heterocycles. The Bertz CT molecular complexity index is 292. The van der Waals surface area contributed by atoms with Gasteiger partial charge in [0.15, 0.2) is 0 Å². The Morgan fingerprint density at radius 1 is 1.55 bits per heavy atom. The van der Waals surface area contributed by atoms with Crippen LogP contribution in [0, 0.1) is 0 Å². The van der Waals surface area contributed by atoms with E-state index in [4.69, 9.17) is 0 Å². The highest BCUT2D eigenvalue weighted by molar-refractivity contribution is 7.98. The first kappa shape index (κ1) is 8.05. The number of benzene rings is 1. The summed E-state index contributed by atoms with van der Waals surface area (Å²) in [7, 11) is 0. The SMILES string of the molecule is CSc1cccc(N=C=O)c1. The average molecular weight is 165 g/mol. The molecule has 0 unspecified atom stereocenters. The zero-order valence-electron chi connectivity index (χ0n) is 6.07. The molecule has 1 aromatic carbocycles. The van der Waals surface area contributed by atoms with Gasteiger partial charge in [-0.2, -0.15) is 4.99 Å². The van der Waals surface area contributed by atoms with Gasteiger partial charge in [0.1, 0.15) is 0 Å². The van der Waals surface area contributed by atoms with Crippen LogP contribution in [-0.4, -0.2) is 12.3 Å². The summed E-state index contributed by atoms with van der Waals surface area (Å²) in [6.45, 7) is 0. The summed E-state index contributed by atoms with van der Waals surface area (Å²) in [4.78, 5) is 14.5. The first-order chi connectivity index (χ1) is 5.36. The highest BCUT2D eigenvalue weighted by Gasteiger charge is 1.90. The van der Waals surface area contributed by atoms with E-state index in [9.17, 15) is 4.79 Å². The highest BCUT2D eigenvalue weighted by atomic mass is 32.2. The van der Waals surface area contributed by atoms with Crippen LogP contribution in [0.4, 0.5) is 5.69 Å². The summed E-state index contributed by atoms with van der Waals surface area (Å²) < 4.78 is 0. The highest BCUT2D eigenvalue weighted by Crippen LogP contribution is 2.20. The van der Waals surface area contributed by atoms with Gasteiger partial charge in [0.05, 0.1) is 5.69 Å². The summed E-state index contributed by atoms with van der Waals surface area (Å²) in [6, 6.07) is 7.44. The predicted molar refractivity (Wildman–Crippen MR) is 46.0 cm³/mol. The zero-order valence-corrected chi connectivity index (χ0v) is 6.89. The molecule has 0 heterocycles. The van der Waals surface area contributed by atoms with Crippen LogP contribution in [0.25, 0.3) is 0 Å². The predicted octanol–water partition coefficient (Wildman–Crippen LogP) is 2.38. The van der Waals surface area contributed by atoms with Crippen molar-refractivity contribution in [2.75, 3.05) is 6.26 Å². The van der Waals surface area contributed by atoms with E-state index in [0.717, 1.165) is 4.90 Å². The van der Waals surface area contributed by atoms with Crippen molar-refractivity contribution < 1.29 is 4.79 Å². The summed E-state index contributed by atoms with van der Waals surface area (Å²) in [6.07, 6.45) is 3.48. The van der Waals surface area contributed by atoms with Crippen molar-refractivity contribution in [1.29, 1.82) is 0 Å². The second kappa shape index (κ2) is 3.96. The smallest absolute Gasteiger partial charge is 0.211 e. The Hall–Kier alpha value is -1.05. The molecule has 0 N–H and O–H groups in total. The Balaban J connectivity index is 3.00. The molecule has 0 aliphatic heterocycles. The number of aliphatic imine (C=N–C) groups is 1. The zero-order chi connectivity index (χ0) is 8.10. The molecule has 0 amide bonds. The third kappa shape index (κ3) is 2.22. The van der Waals surface area contributed by atoms with Gasteiger partial charge in [-0.05, 0) is 24.5 Å². The van der Waals surface area contributed by atoms with E-state index in [2.05, 4.69) is 4.99 Å². The number of rotatable bonds is 2. The number of thioether (sulfide) groups is 1. The lowest BCUT2D eigenvalue weighted by atomic mass is 10.3. The van der Waals surface area contributed by atoms with Gasteiger partial charge in [0, 0.05) is 4.90 Å². The minimum absolute atomic E-state index is 0.659. The monoisotopic (exact) mass is 165 g/mol. The van der Waals surface area contributed by atoms with Gasteiger partial charge >= 0.3 is 0 Å². The second-order valence-electron chi connectivity index (χ2n) is 1.90. The molecule has 0 bridgehead atoms. The molecule has 3 heteroatoms. The first-order valence-corrected chi connectivity index (χ1v) is 4.31. The molecule has 0 aliphatic carbocycles. The number of hydrogen-bond donors (Lipinski definition) is 0. The van der Waals surface area contributed by atoms with Gasteiger partial charge in [-0.15, -0.1) is 11.8 Å². The topological polar surface area (TPSA) is 29.4 Å². The average Bonchev–Trinajstić information content (AvgIpc) is 2.06. The summed E-state index contributed by atoms with van der Waals surface area (Å²) in [5.41, 5.74) is 0.659. The van der Waals surface area contributed by atoms with Crippen LogP contribution >= 0.6 is 11.8 Å². The van der Waals surface area contributed by atoms with E-state index < -0.39 is 0 Å². The summed E-state index contributed by atoms with van der Waals surface area (Å²) in [5.74, 6) is 0. The third-order valence-corrected chi connectivity index (χ3v) is 1.95. The molecule has 0 aromatic heterocycles. The molecule has 0 radical (unpaired) electrons. The number of carbonyl (C=O) groups excluding carboxylic acids is 1. The summed E-state index contributed by atoms with van der Waals surface area (Å²) in [5, 5.41) is 0. The van der Waals surface area contributed by atoms with E-state index in [0.29, 0.717) is 5.69 Å². The van der Waals surface area contributed by atoms with E-state index in [1.54, 1.807) is 17.8 Å². The van der Waals surface area contributed by atoms with Crippen LogP contribution in [0.3, 0.4) is 0 Å². The van der Waals surface area contributed by atoms with Crippen molar-refractivity contribution in [1.82, 2.24) is 0 Å². The first-order valence-electron chi connectivity index (χ1n) is 3.09. The van der Waals surface area contributed by atoms with Crippen molar-refractivity contribution in [3.63, 3.8) is 0 Å². The van der Waals surface area contributed by atoms with E-state index >= 15 is 0 Å². The van der Waals surface area contributed by atoms with Gasteiger partial charge in [0.25, 0.3) is 0 Å². The molecule has 2 nitrogen and oxygen atoms in total. The van der Waals surface area contributed by atoms with Crippen molar-refractivity contribution in [3.8, 4) is 0 Å². The molecule has 1 rings (SSSR count). The number of hydrogen-bond acceptors (Lipinski definition) is 3. The summed E-state index contributed by atoms with van der Waals surface area (Å²) >= 11 is 1.62. The second-order valence-corrected chi connectivity index (χ2v) is 2.78. The normalized spacial score (nSPS) is 8.82. The molecule has 0 atom stereocenters. The van der Waals surface area contributed by atoms with Crippen molar-refractivity contribution in [2.24, 2.45) is 4.99 Å². The lowest BCUT2D eigenvalue weighted by Gasteiger charge is -1.94. The van der Waals surface area contributed by atoms with Crippen LogP contribution < -0.4 is 0 Å². The maximum atomic E-state index is 9.88. The maximum Gasteiger partial charge on any atom is 0.240 e. The largest absolute Gasteiger partial charge is 0.240 e. The van der Waals surface area contributed by atoms with E-state index in [1.807, 2.05) is 24.5 Å². The van der Waals surface area contributed by atoms with Crippen molar-refractivity contribution in [2.45, 2.75) is 4.90 Å². The molecule has 0 spiro atoms. The number of nitrogens with zero attached hydrogens (tertiary/aromatic N) is 1. The van der Waals surface area contributed by atoms with Crippen LogP contribution in [0.1, 0.15) is 0 Å². The Morgan fingerprint density at radius 2 is 2.36 bits per heavy atom. The Morgan fingerprint density at radius 3 is 3.00 bits per heavy atom. The van der Waals surface area contributed by atoms with Gasteiger partial charge < -0.3 is 0 Å². The fraction of sp³-hybridized carbons (Fsp3) is 0.125. The van der Waals surface area contributed by atoms with Gasteiger partial charge in [-0.3, -0.25) is 0 Å².